The van der Waals surface area contributed by atoms with E-state index >= 15 is 0 Å². The third-order valence-corrected chi connectivity index (χ3v) is 10.6. The lowest BCUT2D eigenvalue weighted by Gasteiger charge is -2.26. The molecular weight excluding hydrogens is 653 g/mol. The Hall–Kier alpha value is -7.16. The fraction of sp³-hybridized carbons (Fsp3) is 0. The first-order chi connectivity index (χ1) is 26.8. The molecule has 10 rings (SSSR count). The van der Waals surface area contributed by atoms with Gasteiger partial charge in [0.25, 0.3) is 0 Å². The normalized spacial score (nSPS) is 11.3. The highest BCUT2D eigenvalue weighted by Gasteiger charge is 2.20. The topological polar surface area (TPSA) is 8.17 Å². The molecule has 0 amide bonds. The Morgan fingerprint density at radius 2 is 0.870 bits per heavy atom. The second-order valence-electron chi connectivity index (χ2n) is 13.8. The highest BCUT2D eigenvalue weighted by Crippen LogP contribution is 2.43. The molecule has 0 bridgehead atoms. The number of fused-ring (bicyclic) bond motifs is 5. The molecule has 54 heavy (non-hydrogen) atoms. The molecule has 0 radical (unpaired) electrons. The average molecular weight is 689 g/mol. The number of nitrogens with zero attached hydrogens (tertiary/aromatic N) is 2. The molecule has 0 atom stereocenters. The maximum Gasteiger partial charge on any atom is 0.0547 e. The molecule has 0 aliphatic carbocycles. The van der Waals surface area contributed by atoms with Gasteiger partial charge in [-0.25, -0.2) is 0 Å². The van der Waals surface area contributed by atoms with Gasteiger partial charge in [0.1, 0.15) is 0 Å². The minimum absolute atomic E-state index is 1.10. The number of para-hydroxylation sites is 2. The third kappa shape index (κ3) is 5.53. The SMILES string of the molecule is c1ccc(-c2cccc(-c3ccc(N(c4ccccc4)c4cccc(-c5cccc6c5c5c7ccccc7ccc5n6-c5ccccc5)c4)cc3)c2)cc1. The smallest absolute Gasteiger partial charge is 0.0547 e. The fourth-order valence-corrected chi connectivity index (χ4v) is 8.07. The van der Waals surface area contributed by atoms with Gasteiger partial charge in [0.05, 0.1) is 11.0 Å². The number of anilines is 3. The van der Waals surface area contributed by atoms with Crippen molar-refractivity contribution in [1.82, 2.24) is 4.57 Å². The zero-order valence-electron chi connectivity index (χ0n) is 29.7. The lowest BCUT2D eigenvalue weighted by atomic mass is 9.96. The maximum atomic E-state index is 2.41. The van der Waals surface area contributed by atoms with Crippen LogP contribution in [0.2, 0.25) is 0 Å². The van der Waals surface area contributed by atoms with Gasteiger partial charge < -0.3 is 9.47 Å². The van der Waals surface area contributed by atoms with Crippen molar-refractivity contribution in [2.24, 2.45) is 0 Å². The van der Waals surface area contributed by atoms with Gasteiger partial charge in [0.2, 0.25) is 0 Å². The average Bonchev–Trinajstić information content (AvgIpc) is 3.60. The van der Waals surface area contributed by atoms with Crippen LogP contribution in [0.25, 0.3) is 71.6 Å². The molecule has 1 heterocycles. The fourth-order valence-electron chi connectivity index (χ4n) is 8.07. The maximum absolute atomic E-state index is 2.41. The Morgan fingerprint density at radius 1 is 0.315 bits per heavy atom. The van der Waals surface area contributed by atoms with Crippen molar-refractivity contribution in [3.8, 4) is 39.1 Å². The predicted octanol–water partition coefficient (Wildman–Crippen LogP) is 14.4. The largest absolute Gasteiger partial charge is 0.310 e. The zero-order chi connectivity index (χ0) is 35.8. The van der Waals surface area contributed by atoms with Crippen LogP contribution in [0, 0.1) is 0 Å². The minimum atomic E-state index is 1.10. The summed E-state index contributed by atoms with van der Waals surface area (Å²) < 4.78 is 2.41. The molecule has 0 unspecified atom stereocenters. The van der Waals surface area contributed by atoms with E-state index < -0.39 is 0 Å². The second-order valence-corrected chi connectivity index (χ2v) is 13.8. The summed E-state index contributed by atoms with van der Waals surface area (Å²) in [5.41, 5.74) is 14.1. The quantitative estimate of drug-likeness (QED) is 0.162. The molecule has 2 nitrogen and oxygen atoms in total. The van der Waals surface area contributed by atoms with E-state index in [1.165, 1.54) is 66.0 Å². The van der Waals surface area contributed by atoms with Crippen LogP contribution >= 0.6 is 0 Å². The summed E-state index contributed by atoms with van der Waals surface area (Å²) >= 11 is 0. The molecule has 0 saturated carbocycles. The minimum Gasteiger partial charge on any atom is -0.310 e. The molecule has 0 saturated heterocycles. The Bertz CT molecular complexity index is 2910. The van der Waals surface area contributed by atoms with Crippen LogP contribution in [-0.4, -0.2) is 4.57 Å². The molecule has 10 aromatic rings. The Labute approximate surface area is 315 Å². The van der Waals surface area contributed by atoms with Crippen LogP contribution in [0.15, 0.2) is 218 Å². The summed E-state index contributed by atoms with van der Waals surface area (Å²) in [5.74, 6) is 0. The molecule has 9 aromatic carbocycles. The first-order valence-corrected chi connectivity index (χ1v) is 18.5. The van der Waals surface area contributed by atoms with Gasteiger partial charge in [0.15, 0.2) is 0 Å². The standard InChI is InChI=1S/C52H36N2/c1-4-15-37(16-5-1)40-18-12-19-41(35-40)38-29-32-45(33-30-38)53(43-21-6-2-7-22-43)46-25-13-20-42(36-46)48-27-14-28-49-52(48)51-47-26-11-10-17-39(47)31-34-50(51)54(49)44-23-8-3-9-24-44/h1-36H. The van der Waals surface area contributed by atoms with E-state index in [1.54, 1.807) is 0 Å². The summed E-state index contributed by atoms with van der Waals surface area (Å²) in [7, 11) is 0. The van der Waals surface area contributed by atoms with Crippen LogP contribution in [0.5, 0.6) is 0 Å². The van der Waals surface area contributed by atoms with E-state index in [9.17, 15) is 0 Å². The monoisotopic (exact) mass is 688 g/mol. The first-order valence-electron chi connectivity index (χ1n) is 18.5. The Morgan fingerprint density at radius 3 is 1.65 bits per heavy atom. The zero-order valence-corrected chi connectivity index (χ0v) is 29.7. The van der Waals surface area contributed by atoms with Crippen LogP contribution in [0.3, 0.4) is 0 Å². The van der Waals surface area contributed by atoms with E-state index in [4.69, 9.17) is 0 Å². The van der Waals surface area contributed by atoms with E-state index in [1.807, 2.05) is 0 Å². The number of benzene rings is 9. The van der Waals surface area contributed by atoms with Gasteiger partial charge in [0, 0.05) is 33.5 Å². The van der Waals surface area contributed by atoms with Gasteiger partial charge >= 0.3 is 0 Å². The van der Waals surface area contributed by atoms with Gasteiger partial charge in [-0.1, -0.05) is 152 Å². The summed E-state index contributed by atoms with van der Waals surface area (Å²) in [6.07, 6.45) is 0. The Kier molecular flexibility index (Phi) is 7.85. The summed E-state index contributed by atoms with van der Waals surface area (Å²) in [6.45, 7) is 0. The van der Waals surface area contributed by atoms with Crippen molar-refractivity contribution >= 4 is 49.6 Å². The van der Waals surface area contributed by atoms with Crippen LogP contribution in [-0.2, 0) is 0 Å². The molecule has 0 N–H and O–H groups in total. The highest BCUT2D eigenvalue weighted by molar-refractivity contribution is 6.25. The van der Waals surface area contributed by atoms with Crippen molar-refractivity contribution in [2.45, 2.75) is 0 Å². The number of aromatic nitrogens is 1. The van der Waals surface area contributed by atoms with E-state index in [-0.39, 0.29) is 0 Å². The molecule has 0 fully saturated rings. The van der Waals surface area contributed by atoms with Gasteiger partial charge in [-0.05, 0) is 111 Å². The summed E-state index contributed by atoms with van der Waals surface area (Å²) in [5, 5.41) is 5.04. The highest BCUT2D eigenvalue weighted by atomic mass is 15.1. The van der Waals surface area contributed by atoms with Gasteiger partial charge in [-0.2, -0.15) is 0 Å². The molecule has 1 aromatic heterocycles. The summed E-state index contributed by atoms with van der Waals surface area (Å²) in [6, 6.07) is 78.8. The Balaban J connectivity index is 1.12. The van der Waals surface area contributed by atoms with E-state index in [2.05, 4.69) is 228 Å². The third-order valence-electron chi connectivity index (χ3n) is 10.6. The van der Waals surface area contributed by atoms with Crippen LogP contribution < -0.4 is 4.90 Å². The van der Waals surface area contributed by atoms with Crippen molar-refractivity contribution in [3.63, 3.8) is 0 Å². The van der Waals surface area contributed by atoms with Crippen molar-refractivity contribution in [2.75, 3.05) is 4.90 Å². The van der Waals surface area contributed by atoms with Crippen molar-refractivity contribution < 1.29 is 0 Å². The van der Waals surface area contributed by atoms with Crippen LogP contribution in [0.4, 0.5) is 17.1 Å². The number of hydrogen-bond donors (Lipinski definition) is 0. The summed E-state index contributed by atoms with van der Waals surface area (Å²) in [4.78, 5) is 2.36. The molecule has 0 aliphatic heterocycles. The lowest BCUT2D eigenvalue weighted by molar-refractivity contribution is 1.18. The van der Waals surface area contributed by atoms with Crippen molar-refractivity contribution in [3.05, 3.63) is 218 Å². The van der Waals surface area contributed by atoms with Crippen molar-refractivity contribution in [1.29, 1.82) is 0 Å². The molecular formula is C52H36N2. The predicted molar refractivity (Wildman–Crippen MR) is 229 cm³/mol. The number of rotatable bonds is 7. The van der Waals surface area contributed by atoms with Crippen LogP contribution in [0.1, 0.15) is 0 Å². The van der Waals surface area contributed by atoms with E-state index in [0.717, 1.165) is 22.7 Å². The first kappa shape index (κ1) is 31.6. The van der Waals surface area contributed by atoms with Gasteiger partial charge in [-0.15, -0.1) is 0 Å². The molecule has 254 valence electrons. The van der Waals surface area contributed by atoms with E-state index in [0.29, 0.717) is 0 Å². The van der Waals surface area contributed by atoms with Gasteiger partial charge in [-0.3, -0.25) is 0 Å². The molecule has 0 spiro atoms. The lowest BCUT2D eigenvalue weighted by Crippen LogP contribution is -2.09. The number of hydrogen-bond acceptors (Lipinski definition) is 1. The molecule has 2 heteroatoms. The second kappa shape index (κ2) is 13.4. The molecule has 0 aliphatic rings.